The minimum absolute atomic E-state index is 0.000300. The smallest absolute Gasteiger partial charge is 0.371 e. The molecule has 1 aliphatic rings. The van der Waals surface area contributed by atoms with Gasteiger partial charge >= 0.3 is 5.97 Å². The molecule has 2 unspecified atom stereocenters. The molecule has 2 atom stereocenters. The lowest BCUT2D eigenvalue weighted by atomic mass is 9.92. The normalized spacial score (nSPS) is 25.2. The van der Waals surface area contributed by atoms with Gasteiger partial charge in [-0.2, -0.15) is 0 Å². The van der Waals surface area contributed by atoms with E-state index in [1.807, 2.05) is 0 Å². The predicted molar refractivity (Wildman–Crippen MR) is 67.3 cm³/mol. The summed E-state index contributed by atoms with van der Waals surface area (Å²) in [7, 11) is 0. The van der Waals surface area contributed by atoms with Crippen LogP contribution in [-0.2, 0) is 6.54 Å². The van der Waals surface area contributed by atoms with E-state index in [-0.39, 0.29) is 5.76 Å². The predicted octanol–water partition coefficient (Wildman–Crippen LogP) is 1.54. The third kappa shape index (κ3) is 2.91. The molecule has 0 amide bonds. The minimum atomic E-state index is -1.02. The highest BCUT2D eigenvalue weighted by atomic mass is 16.4. The van der Waals surface area contributed by atoms with E-state index in [9.17, 15) is 4.79 Å². The summed E-state index contributed by atoms with van der Waals surface area (Å²) in [5, 5.41) is 8.81. The van der Waals surface area contributed by atoms with Gasteiger partial charge in [-0.3, -0.25) is 4.90 Å². The van der Waals surface area contributed by atoms with Crippen LogP contribution in [0.5, 0.6) is 0 Å². The fourth-order valence-electron chi connectivity index (χ4n) is 2.53. The van der Waals surface area contributed by atoms with E-state index in [0.717, 1.165) is 19.4 Å². The fraction of sp³-hybridized carbons (Fsp3) is 0.615. The van der Waals surface area contributed by atoms with Crippen molar-refractivity contribution >= 4 is 5.97 Å². The maximum absolute atomic E-state index is 10.7. The largest absolute Gasteiger partial charge is 0.475 e. The Morgan fingerprint density at radius 3 is 3.00 bits per heavy atom. The molecule has 0 spiro atoms. The second kappa shape index (κ2) is 5.54. The number of piperidine rings is 1. The molecule has 1 aromatic heterocycles. The average Bonchev–Trinajstić information content (AvgIpc) is 2.80. The summed E-state index contributed by atoms with van der Waals surface area (Å²) in [6.07, 6.45) is 2.26. The number of carboxylic acids is 1. The molecule has 1 fully saturated rings. The highest BCUT2D eigenvalue weighted by Gasteiger charge is 2.26. The lowest BCUT2D eigenvalue weighted by Gasteiger charge is -2.37. The zero-order chi connectivity index (χ0) is 13.1. The van der Waals surface area contributed by atoms with E-state index in [0.29, 0.717) is 30.8 Å². The molecule has 2 heterocycles. The zero-order valence-electron chi connectivity index (χ0n) is 10.6. The van der Waals surface area contributed by atoms with Gasteiger partial charge in [0.25, 0.3) is 0 Å². The second-order valence-electron chi connectivity index (χ2n) is 5.06. The molecule has 0 aromatic carbocycles. The van der Waals surface area contributed by atoms with Crippen LogP contribution in [-0.4, -0.2) is 35.1 Å². The highest BCUT2D eigenvalue weighted by Crippen LogP contribution is 2.24. The Morgan fingerprint density at radius 2 is 2.39 bits per heavy atom. The SMILES string of the molecule is CC1CCN(Cc2ccc(C(=O)O)o2)C(CN)C1. The third-order valence-corrected chi connectivity index (χ3v) is 3.60. The van der Waals surface area contributed by atoms with Gasteiger partial charge in [0.2, 0.25) is 5.76 Å². The molecule has 2 rings (SSSR count). The molecule has 0 bridgehead atoms. The van der Waals surface area contributed by atoms with E-state index in [2.05, 4.69) is 11.8 Å². The first-order valence-corrected chi connectivity index (χ1v) is 6.36. The van der Waals surface area contributed by atoms with Crippen molar-refractivity contribution in [2.75, 3.05) is 13.1 Å². The summed E-state index contributed by atoms with van der Waals surface area (Å²) < 4.78 is 5.29. The zero-order valence-corrected chi connectivity index (χ0v) is 10.6. The van der Waals surface area contributed by atoms with Crippen molar-refractivity contribution in [3.05, 3.63) is 23.7 Å². The van der Waals surface area contributed by atoms with Crippen LogP contribution in [0.1, 0.15) is 36.1 Å². The van der Waals surface area contributed by atoms with Crippen LogP contribution in [0.2, 0.25) is 0 Å². The number of nitrogens with zero attached hydrogens (tertiary/aromatic N) is 1. The van der Waals surface area contributed by atoms with E-state index >= 15 is 0 Å². The molecule has 100 valence electrons. The Bertz CT molecular complexity index is 416. The third-order valence-electron chi connectivity index (χ3n) is 3.60. The lowest BCUT2D eigenvalue weighted by Crippen LogP contribution is -2.45. The van der Waals surface area contributed by atoms with E-state index < -0.39 is 5.97 Å². The molecule has 18 heavy (non-hydrogen) atoms. The highest BCUT2D eigenvalue weighted by molar-refractivity contribution is 5.84. The van der Waals surface area contributed by atoms with E-state index in [1.54, 1.807) is 6.07 Å². The number of hydrogen-bond donors (Lipinski definition) is 2. The summed E-state index contributed by atoms with van der Waals surface area (Å²) in [4.78, 5) is 13.0. The number of rotatable bonds is 4. The number of hydrogen-bond acceptors (Lipinski definition) is 4. The van der Waals surface area contributed by atoms with E-state index in [4.69, 9.17) is 15.3 Å². The molecule has 5 heteroatoms. The molecule has 1 aliphatic heterocycles. The Morgan fingerprint density at radius 1 is 1.61 bits per heavy atom. The number of aromatic carboxylic acids is 1. The molecule has 0 aliphatic carbocycles. The topological polar surface area (TPSA) is 79.7 Å². The van der Waals surface area contributed by atoms with Crippen molar-refractivity contribution in [1.29, 1.82) is 0 Å². The molecular weight excluding hydrogens is 232 g/mol. The van der Waals surface area contributed by atoms with E-state index in [1.165, 1.54) is 6.07 Å². The van der Waals surface area contributed by atoms with Crippen LogP contribution in [0.15, 0.2) is 16.5 Å². The van der Waals surface area contributed by atoms with Crippen molar-refractivity contribution in [2.45, 2.75) is 32.4 Å². The van der Waals surface area contributed by atoms with Gasteiger partial charge in [-0.1, -0.05) is 6.92 Å². The first-order valence-electron chi connectivity index (χ1n) is 6.36. The van der Waals surface area contributed by atoms with Gasteiger partial charge in [0.1, 0.15) is 5.76 Å². The van der Waals surface area contributed by atoms with Crippen LogP contribution in [0, 0.1) is 5.92 Å². The summed E-state index contributed by atoms with van der Waals surface area (Å²) in [6.45, 7) is 4.51. The van der Waals surface area contributed by atoms with Crippen molar-refractivity contribution < 1.29 is 14.3 Å². The van der Waals surface area contributed by atoms with Gasteiger partial charge in [-0.15, -0.1) is 0 Å². The van der Waals surface area contributed by atoms with Crippen molar-refractivity contribution in [3.8, 4) is 0 Å². The number of nitrogens with two attached hydrogens (primary N) is 1. The van der Waals surface area contributed by atoms with Gasteiger partial charge in [-0.05, 0) is 37.4 Å². The number of carbonyl (C=O) groups is 1. The molecule has 0 radical (unpaired) electrons. The van der Waals surface area contributed by atoms with Gasteiger partial charge in [0.15, 0.2) is 0 Å². The first kappa shape index (κ1) is 13.1. The Kier molecular flexibility index (Phi) is 4.04. The van der Waals surface area contributed by atoms with Crippen LogP contribution in [0.25, 0.3) is 0 Å². The Labute approximate surface area is 107 Å². The molecule has 3 N–H and O–H groups in total. The van der Waals surface area contributed by atoms with Crippen molar-refractivity contribution in [1.82, 2.24) is 4.90 Å². The number of likely N-dealkylation sites (tertiary alicyclic amines) is 1. The number of furan rings is 1. The number of carboxylic acid groups (broad SMARTS) is 1. The van der Waals surface area contributed by atoms with Gasteiger partial charge < -0.3 is 15.3 Å². The molecule has 0 saturated carbocycles. The maximum Gasteiger partial charge on any atom is 0.371 e. The molecular formula is C13H20N2O3. The molecule has 1 saturated heterocycles. The molecule has 1 aromatic rings. The summed E-state index contributed by atoms with van der Waals surface area (Å²) in [5.74, 6) is 0.380. The summed E-state index contributed by atoms with van der Waals surface area (Å²) in [5.41, 5.74) is 5.80. The second-order valence-corrected chi connectivity index (χ2v) is 5.06. The summed E-state index contributed by atoms with van der Waals surface area (Å²) >= 11 is 0. The fourth-order valence-corrected chi connectivity index (χ4v) is 2.53. The van der Waals surface area contributed by atoms with Crippen LogP contribution in [0.3, 0.4) is 0 Å². The standard InChI is InChI=1S/C13H20N2O3/c1-9-4-5-15(10(6-9)7-14)8-11-2-3-12(18-11)13(16)17/h2-3,9-10H,4-8,14H2,1H3,(H,16,17). The van der Waals surface area contributed by atoms with Crippen LogP contribution in [0.4, 0.5) is 0 Å². The van der Waals surface area contributed by atoms with Gasteiger partial charge in [0.05, 0.1) is 6.54 Å². The maximum atomic E-state index is 10.7. The lowest BCUT2D eigenvalue weighted by molar-refractivity contribution is 0.0653. The van der Waals surface area contributed by atoms with Crippen molar-refractivity contribution in [2.24, 2.45) is 11.7 Å². The van der Waals surface area contributed by atoms with Gasteiger partial charge in [-0.25, -0.2) is 4.79 Å². The monoisotopic (exact) mass is 252 g/mol. The quantitative estimate of drug-likeness (QED) is 0.849. The average molecular weight is 252 g/mol. The Balaban J connectivity index is 2.00. The first-order chi connectivity index (χ1) is 8.60. The minimum Gasteiger partial charge on any atom is -0.475 e. The summed E-state index contributed by atoms with van der Waals surface area (Å²) in [6, 6.07) is 3.60. The van der Waals surface area contributed by atoms with Gasteiger partial charge in [0, 0.05) is 12.6 Å². The molecule has 5 nitrogen and oxygen atoms in total. The van der Waals surface area contributed by atoms with Crippen molar-refractivity contribution in [3.63, 3.8) is 0 Å². The van der Waals surface area contributed by atoms with Crippen LogP contribution >= 0.6 is 0 Å². The van der Waals surface area contributed by atoms with Crippen LogP contribution < -0.4 is 5.73 Å². The Hall–Kier alpha value is -1.33.